The van der Waals surface area contributed by atoms with E-state index in [1.807, 2.05) is 13.0 Å². The molecule has 2 rings (SSSR count). The van der Waals surface area contributed by atoms with E-state index in [1.165, 1.54) is 0 Å². The van der Waals surface area contributed by atoms with E-state index in [1.54, 1.807) is 6.07 Å². The molecule has 1 aliphatic rings. The highest BCUT2D eigenvalue weighted by atomic mass is 79.9. The van der Waals surface area contributed by atoms with Crippen LogP contribution in [-0.2, 0) is 5.60 Å². The molecule has 2 atom stereocenters. The molecule has 2 N–H and O–H groups in total. The van der Waals surface area contributed by atoms with Crippen molar-refractivity contribution >= 4 is 15.9 Å². The highest BCUT2D eigenvalue weighted by molar-refractivity contribution is 9.10. The van der Waals surface area contributed by atoms with Gasteiger partial charge in [-0.2, -0.15) is 0 Å². The fourth-order valence-corrected chi connectivity index (χ4v) is 3.34. The Morgan fingerprint density at radius 1 is 1.33 bits per heavy atom. The summed E-state index contributed by atoms with van der Waals surface area (Å²) in [5, 5.41) is 21.3. The van der Waals surface area contributed by atoms with Crippen molar-refractivity contribution in [3.05, 3.63) is 27.7 Å². The summed E-state index contributed by atoms with van der Waals surface area (Å²) >= 11 is 3.48. The summed E-state index contributed by atoms with van der Waals surface area (Å²) in [7, 11) is 0. The molecule has 0 radical (unpaired) electrons. The molecule has 0 bridgehead atoms. The molecule has 100 valence electrons. The number of benzene rings is 1. The van der Waals surface area contributed by atoms with E-state index in [9.17, 15) is 10.2 Å². The molecule has 0 spiro atoms. The number of halogens is 1. The van der Waals surface area contributed by atoms with E-state index in [-0.39, 0.29) is 11.2 Å². The first-order valence-corrected chi connectivity index (χ1v) is 7.21. The van der Waals surface area contributed by atoms with Crippen LogP contribution in [0.3, 0.4) is 0 Å². The minimum Gasteiger partial charge on any atom is -0.508 e. The van der Waals surface area contributed by atoms with Crippen molar-refractivity contribution < 1.29 is 10.2 Å². The SMILES string of the molecule is Cc1cc(O)c([C@]2(O)CC[C@H](C)C2(C)C)cc1Br. The van der Waals surface area contributed by atoms with Gasteiger partial charge in [-0.1, -0.05) is 36.7 Å². The van der Waals surface area contributed by atoms with Gasteiger partial charge >= 0.3 is 0 Å². The number of aryl methyl sites for hydroxylation is 1. The van der Waals surface area contributed by atoms with Crippen LogP contribution in [-0.4, -0.2) is 10.2 Å². The second kappa shape index (κ2) is 4.24. The van der Waals surface area contributed by atoms with Gasteiger partial charge in [-0.15, -0.1) is 0 Å². The summed E-state index contributed by atoms with van der Waals surface area (Å²) in [4.78, 5) is 0. The average molecular weight is 313 g/mol. The van der Waals surface area contributed by atoms with Gasteiger partial charge in [0.2, 0.25) is 0 Å². The normalized spacial score (nSPS) is 30.7. The van der Waals surface area contributed by atoms with Gasteiger partial charge in [-0.05, 0) is 43.4 Å². The number of phenolic OH excluding ortho intramolecular Hbond substituents is 1. The maximum atomic E-state index is 11.1. The van der Waals surface area contributed by atoms with Crippen LogP contribution in [0, 0.1) is 18.3 Å². The van der Waals surface area contributed by atoms with Crippen molar-refractivity contribution in [2.75, 3.05) is 0 Å². The van der Waals surface area contributed by atoms with Gasteiger partial charge in [0, 0.05) is 15.5 Å². The lowest BCUT2D eigenvalue weighted by molar-refractivity contribution is -0.0635. The zero-order valence-electron chi connectivity index (χ0n) is 11.4. The van der Waals surface area contributed by atoms with Crippen molar-refractivity contribution in [3.8, 4) is 5.75 Å². The third-order valence-corrected chi connectivity index (χ3v) is 5.81. The zero-order chi connectivity index (χ0) is 13.7. The van der Waals surface area contributed by atoms with Gasteiger partial charge in [-0.25, -0.2) is 0 Å². The van der Waals surface area contributed by atoms with Gasteiger partial charge in [-0.3, -0.25) is 0 Å². The fraction of sp³-hybridized carbons (Fsp3) is 0.600. The maximum absolute atomic E-state index is 11.1. The predicted molar refractivity (Wildman–Crippen MR) is 76.6 cm³/mol. The molecule has 0 amide bonds. The second-order valence-corrected chi connectivity index (χ2v) is 6.99. The monoisotopic (exact) mass is 312 g/mol. The molecular weight excluding hydrogens is 292 g/mol. The first-order valence-electron chi connectivity index (χ1n) is 6.42. The number of hydrogen-bond acceptors (Lipinski definition) is 2. The lowest BCUT2D eigenvalue weighted by Crippen LogP contribution is -2.39. The van der Waals surface area contributed by atoms with Gasteiger partial charge in [0.05, 0.1) is 5.60 Å². The van der Waals surface area contributed by atoms with Gasteiger partial charge in [0.1, 0.15) is 5.75 Å². The summed E-state index contributed by atoms with van der Waals surface area (Å²) in [5.74, 6) is 0.627. The molecule has 0 heterocycles. The smallest absolute Gasteiger partial charge is 0.122 e. The van der Waals surface area contributed by atoms with Crippen molar-refractivity contribution in [1.82, 2.24) is 0 Å². The first kappa shape index (κ1) is 13.9. The Labute approximate surface area is 117 Å². The van der Waals surface area contributed by atoms with E-state index in [4.69, 9.17) is 0 Å². The van der Waals surface area contributed by atoms with Crippen LogP contribution in [0.1, 0.15) is 44.7 Å². The van der Waals surface area contributed by atoms with Crippen LogP contribution in [0.25, 0.3) is 0 Å². The first-order chi connectivity index (χ1) is 8.20. The molecule has 0 saturated heterocycles. The van der Waals surface area contributed by atoms with Gasteiger partial charge in [0.25, 0.3) is 0 Å². The van der Waals surface area contributed by atoms with Crippen molar-refractivity contribution in [2.24, 2.45) is 11.3 Å². The number of hydrogen-bond donors (Lipinski definition) is 2. The molecule has 1 aromatic rings. The minimum absolute atomic E-state index is 0.195. The Kier molecular flexibility index (Phi) is 3.27. The highest BCUT2D eigenvalue weighted by Crippen LogP contribution is 2.57. The minimum atomic E-state index is -0.952. The number of rotatable bonds is 1. The Bertz CT molecular complexity index is 482. The number of aromatic hydroxyl groups is 1. The molecule has 0 unspecified atom stereocenters. The highest BCUT2D eigenvalue weighted by Gasteiger charge is 2.53. The van der Waals surface area contributed by atoms with Crippen LogP contribution >= 0.6 is 15.9 Å². The molecule has 3 heteroatoms. The quantitative estimate of drug-likeness (QED) is 0.819. The van der Waals surface area contributed by atoms with Crippen molar-refractivity contribution in [3.63, 3.8) is 0 Å². The Morgan fingerprint density at radius 3 is 2.44 bits per heavy atom. The van der Waals surface area contributed by atoms with Gasteiger partial charge in [0.15, 0.2) is 0 Å². The fourth-order valence-electron chi connectivity index (χ4n) is 3.00. The molecule has 1 saturated carbocycles. The third-order valence-electron chi connectivity index (χ3n) is 4.96. The molecule has 18 heavy (non-hydrogen) atoms. The summed E-state index contributed by atoms with van der Waals surface area (Å²) in [6.07, 6.45) is 1.68. The molecule has 1 aliphatic carbocycles. The topological polar surface area (TPSA) is 40.5 Å². The predicted octanol–water partition coefficient (Wildman–Crippen LogP) is 4.11. The van der Waals surface area contributed by atoms with E-state index in [0.717, 1.165) is 16.5 Å². The molecule has 0 aromatic heterocycles. The van der Waals surface area contributed by atoms with Gasteiger partial charge < -0.3 is 10.2 Å². The number of aliphatic hydroxyl groups is 1. The number of phenols is 1. The second-order valence-electron chi connectivity index (χ2n) is 6.14. The summed E-state index contributed by atoms with van der Waals surface area (Å²) in [6, 6.07) is 3.58. The van der Waals surface area contributed by atoms with Crippen LogP contribution in [0.5, 0.6) is 5.75 Å². The average Bonchev–Trinajstić information content (AvgIpc) is 2.48. The summed E-state index contributed by atoms with van der Waals surface area (Å²) < 4.78 is 0.930. The van der Waals surface area contributed by atoms with E-state index >= 15 is 0 Å². The lowest BCUT2D eigenvalue weighted by Gasteiger charge is -2.40. The van der Waals surface area contributed by atoms with Crippen LogP contribution in [0.2, 0.25) is 0 Å². The summed E-state index contributed by atoms with van der Waals surface area (Å²) in [6.45, 7) is 8.26. The van der Waals surface area contributed by atoms with Crippen molar-refractivity contribution in [1.29, 1.82) is 0 Å². The van der Waals surface area contributed by atoms with E-state index in [0.29, 0.717) is 17.9 Å². The van der Waals surface area contributed by atoms with E-state index < -0.39 is 5.60 Å². The Morgan fingerprint density at radius 2 is 1.94 bits per heavy atom. The molecule has 1 aromatic carbocycles. The zero-order valence-corrected chi connectivity index (χ0v) is 13.0. The molecule has 1 fully saturated rings. The molecule has 0 aliphatic heterocycles. The third kappa shape index (κ3) is 1.79. The standard InChI is InChI=1S/C15H21BrO2/c1-9-7-13(17)11(8-12(9)16)15(18)6-5-10(2)14(15,3)4/h7-8,10,17-18H,5-6H2,1-4H3/t10-,15+/m0/s1. The largest absolute Gasteiger partial charge is 0.508 e. The summed E-state index contributed by atoms with van der Waals surface area (Å²) in [5.41, 5.74) is 0.435. The lowest BCUT2D eigenvalue weighted by atomic mass is 9.69. The maximum Gasteiger partial charge on any atom is 0.122 e. The molecule has 2 nitrogen and oxygen atoms in total. The van der Waals surface area contributed by atoms with Crippen LogP contribution in [0.15, 0.2) is 16.6 Å². The van der Waals surface area contributed by atoms with E-state index in [2.05, 4.69) is 36.7 Å². The Hall–Kier alpha value is -0.540. The van der Waals surface area contributed by atoms with Crippen LogP contribution in [0.4, 0.5) is 0 Å². The molecular formula is C15H21BrO2. The Balaban J connectivity index is 2.58. The van der Waals surface area contributed by atoms with Crippen molar-refractivity contribution in [2.45, 2.75) is 46.1 Å². The van der Waals surface area contributed by atoms with Crippen LogP contribution < -0.4 is 0 Å².